The molecule has 20 heavy (non-hydrogen) atoms. The normalized spacial score (nSPS) is 19.1. The van der Waals surface area contributed by atoms with E-state index in [0.29, 0.717) is 6.04 Å². The molecule has 0 amide bonds. The molecule has 1 aromatic rings. The van der Waals surface area contributed by atoms with E-state index in [-0.39, 0.29) is 6.61 Å². The fourth-order valence-electron chi connectivity index (χ4n) is 2.87. The second-order valence-corrected chi connectivity index (χ2v) is 5.65. The fraction of sp³-hybridized carbons (Fsp3) is 0.529. The molecule has 3 heteroatoms. The molecular weight excluding hydrogens is 248 g/mol. The molecule has 0 aliphatic carbocycles. The first-order valence-electron chi connectivity index (χ1n) is 7.27. The zero-order valence-corrected chi connectivity index (χ0v) is 12.5. The molecule has 1 atom stereocenters. The number of likely N-dealkylation sites (N-methyl/N-ethyl adjacent to an activating group) is 1. The third-order valence-corrected chi connectivity index (χ3v) is 3.77. The van der Waals surface area contributed by atoms with Crippen molar-refractivity contribution in [3.8, 4) is 11.8 Å². The Labute approximate surface area is 122 Å². The number of hydrogen-bond donors (Lipinski definition) is 1. The van der Waals surface area contributed by atoms with Crippen molar-refractivity contribution in [1.82, 2.24) is 9.80 Å². The molecule has 1 heterocycles. The standard InChI is InChI=1S/C17H24N2O/c1-18(2)14-17-10-5-11-19(17)13-16-8-4-3-7-15(16)9-6-12-20/h3-4,7-8,17,20H,5,10-14H2,1-2H3. The highest BCUT2D eigenvalue weighted by Gasteiger charge is 2.25. The largest absolute Gasteiger partial charge is 0.384 e. The van der Waals surface area contributed by atoms with E-state index >= 15 is 0 Å². The van der Waals surface area contributed by atoms with Crippen molar-refractivity contribution in [3.05, 3.63) is 35.4 Å². The highest BCUT2D eigenvalue weighted by molar-refractivity contribution is 5.41. The monoisotopic (exact) mass is 272 g/mol. The van der Waals surface area contributed by atoms with Crippen molar-refractivity contribution in [2.45, 2.75) is 25.4 Å². The maximum absolute atomic E-state index is 8.85. The molecule has 1 unspecified atom stereocenters. The van der Waals surface area contributed by atoms with Crippen molar-refractivity contribution in [2.24, 2.45) is 0 Å². The molecule has 1 N–H and O–H groups in total. The van der Waals surface area contributed by atoms with E-state index in [9.17, 15) is 0 Å². The van der Waals surface area contributed by atoms with Gasteiger partial charge in [-0.25, -0.2) is 0 Å². The van der Waals surface area contributed by atoms with Crippen LogP contribution in [0, 0.1) is 11.8 Å². The number of rotatable bonds is 4. The van der Waals surface area contributed by atoms with Crippen LogP contribution in [0.2, 0.25) is 0 Å². The first kappa shape index (κ1) is 15.1. The summed E-state index contributed by atoms with van der Waals surface area (Å²) in [7, 11) is 4.27. The topological polar surface area (TPSA) is 26.7 Å². The Morgan fingerprint density at radius 1 is 1.35 bits per heavy atom. The molecule has 0 radical (unpaired) electrons. The zero-order chi connectivity index (χ0) is 14.4. The summed E-state index contributed by atoms with van der Waals surface area (Å²) in [6.45, 7) is 3.15. The lowest BCUT2D eigenvalue weighted by Gasteiger charge is -2.27. The van der Waals surface area contributed by atoms with Gasteiger partial charge in [0.15, 0.2) is 0 Å². The van der Waals surface area contributed by atoms with E-state index in [1.807, 2.05) is 12.1 Å². The van der Waals surface area contributed by atoms with Gasteiger partial charge in [0.05, 0.1) is 0 Å². The van der Waals surface area contributed by atoms with Gasteiger partial charge >= 0.3 is 0 Å². The molecule has 0 aromatic heterocycles. The average Bonchev–Trinajstić information content (AvgIpc) is 2.84. The van der Waals surface area contributed by atoms with E-state index in [0.717, 1.165) is 18.7 Å². The van der Waals surface area contributed by atoms with Gasteiger partial charge in [0.25, 0.3) is 0 Å². The van der Waals surface area contributed by atoms with Crippen LogP contribution < -0.4 is 0 Å². The smallest absolute Gasteiger partial charge is 0.104 e. The Hall–Kier alpha value is -1.34. The first-order chi connectivity index (χ1) is 9.70. The average molecular weight is 272 g/mol. The molecule has 3 nitrogen and oxygen atoms in total. The third kappa shape index (κ3) is 4.08. The van der Waals surface area contributed by atoms with Gasteiger partial charge in [0, 0.05) is 24.7 Å². The maximum atomic E-state index is 8.85. The Bertz CT molecular complexity index is 487. The minimum Gasteiger partial charge on any atom is -0.384 e. The van der Waals surface area contributed by atoms with E-state index < -0.39 is 0 Å². The van der Waals surface area contributed by atoms with Crippen LogP contribution in [0.25, 0.3) is 0 Å². The number of nitrogens with zero attached hydrogens (tertiary/aromatic N) is 2. The van der Waals surface area contributed by atoms with Crippen molar-refractivity contribution in [1.29, 1.82) is 0 Å². The number of aliphatic hydroxyl groups is 1. The Morgan fingerprint density at radius 3 is 2.90 bits per heavy atom. The fourth-order valence-corrected chi connectivity index (χ4v) is 2.87. The van der Waals surface area contributed by atoms with Crippen LogP contribution in [-0.2, 0) is 6.54 Å². The molecule has 0 saturated carbocycles. The summed E-state index contributed by atoms with van der Waals surface area (Å²) in [5, 5.41) is 8.85. The molecule has 1 aliphatic heterocycles. The lowest BCUT2D eigenvalue weighted by molar-refractivity contribution is 0.201. The minimum absolute atomic E-state index is 0.0820. The highest BCUT2D eigenvalue weighted by atomic mass is 16.2. The number of benzene rings is 1. The number of likely N-dealkylation sites (tertiary alicyclic amines) is 1. The van der Waals surface area contributed by atoms with Gasteiger partial charge in [-0.1, -0.05) is 30.0 Å². The van der Waals surface area contributed by atoms with Crippen LogP contribution in [0.15, 0.2) is 24.3 Å². The van der Waals surface area contributed by atoms with Gasteiger partial charge in [-0.3, -0.25) is 4.90 Å². The van der Waals surface area contributed by atoms with Gasteiger partial charge in [0.2, 0.25) is 0 Å². The summed E-state index contributed by atoms with van der Waals surface area (Å²) in [5.74, 6) is 5.81. The van der Waals surface area contributed by atoms with Crippen molar-refractivity contribution in [2.75, 3.05) is 33.8 Å². The lowest BCUT2D eigenvalue weighted by Crippen LogP contribution is -2.37. The first-order valence-corrected chi connectivity index (χ1v) is 7.27. The second-order valence-electron chi connectivity index (χ2n) is 5.65. The SMILES string of the molecule is CN(C)CC1CCCN1Cc1ccccc1C#CCO. The molecule has 0 bridgehead atoms. The molecule has 108 valence electrons. The molecule has 2 rings (SSSR count). The van der Waals surface area contributed by atoms with Gasteiger partial charge in [-0.05, 0) is 45.1 Å². The minimum atomic E-state index is -0.0820. The van der Waals surface area contributed by atoms with Crippen LogP contribution in [-0.4, -0.2) is 54.7 Å². The molecule has 0 spiro atoms. The highest BCUT2D eigenvalue weighted by Crippen LogP contribution is 2.21. The van der Waals surface area contributed by atoms with Crippen LogP contribution >= 0.6 is 0 Å². The van der Waals surface area contributed by atoms with Crippen LogP contribution in [0.3, 0.4) is 0 Å². The van der Waals surface area contributed by atoms with Crippen LogP contribution in [0.1, 0.15) is 24.0 Å². The van der Waals surface area contributed by atoms with Gasteiger partial charge in [-0.2, -0.15) is 0 Å². The van der Waals surface area contributed by atoms with Crippen LogP contribution in [0.5, 0.6) is 0 Å². The van der Waals surface area contributed by atoms with Crippen molar-refractivity contribution < 1.29 is 5.11 Å². The zero-order valence-electron chi connectivity index (χ0n) is 12.5. The summed E-state index contributed by atoms with van der Waals surface area (Å²) in [5.41, 5.74) is 2.30. The van der Waals surface area contributed by atoms with Gasteiger partial charge in [0.1, 0.15) is 6.61 Å². The maximum Gasteiger partial charge on any atom is 0.104 e. The number of hydrogen-bond acceptors (Lipinski definition) is 3. The van der Waals surface area contributed by atoms with E-state index in [1.54, 1.807) is 0 Å². The summed E-state index contributed by atoms with van der Waals surface area (Å²) in [4.78, 5) is 4.82. The van der Waals surface area contributed by atoms with E-state index in [2.05, 4.69) is 47.9 Å². The summed E-state index contributed by atoms with van der Waals surface area (Å²) in [6.07, 6.45) is 2.56. The van der Waals surface area contributed by atoms with Gasteiger partial charge < -0.3 is 10.0 Å². The Morgan fingerprint density at radius 2 is 2.15 bits per heavy atom. The number of aliphatic hydroxyl groups excluding tert-OH is 1. The Balaban J connectivity index is 2.09. The molecule has 1 aliphatic rings. The summed E-state index contributed by atoms with van der Waals surface area (Å²) in [6, 6.07) is 8.90. The van der Waals surface area contributed by atoms with E-state index in [4.69, 9.17) is 5.11 Å². The predicted octanol–water partition coefficient (Wildman–Crippen LogP) is 1.56. The molecule has 1 aromatic carbocycles. The Kier molecular flexibility index (Phi) is 5.60. The quantitative estimate of drug-likeness (QED) is 0.843. The van der Waals surface area contributed by atoms with E-state index in [1.165, 1.54) is 24.9 Å². The summed E-state index contributed by atoms with van der Waals surface area (Å²) < 4.78 is 0. The third-order valence-electron chi connectivity index (χ3n) is 3.77. The summed E-state index contributed by atoms with van der Waals surface area (Å²) >= 11 is 0. The lowest BCUT2D eigenvalue weighted by atomic mass is 10.1. The molecule has 1 saturated heterocycles. The molecular formula is C17H24N2O. The van der Waals surface area contributed by atoms with Crippen LogP contribution in [0.4, 0.5) is 0 Å². The molecule has 1 fully saturated rings. The van der Waals surface area contributed by atoms with Gasteiger partial charge in [-0.15, -0.1) is 0 Å². The van der Waals surface area contributed by atoms with Crippen molar-refractivity contribution >= 4 is 0 Å². The van der Waals surface area contributed by atoms with Crippen molar-refractivity contribution in [3.63, 3.8) is 0 Å². The predicted molar refractivity (Wildman–Crippen MR) is 82.4 cm³/mol. The second kappa shape index (κ2) is 7.44.